The molecular weight excluding hydrogens is 248 g/mol. The van der Waals surface area contributed by atoms with E-state index in [4.69, 9.17) is 0 Å². The molecule has 0 radical (unpaired) electrons. The summed E-state index contributed by atoms with van der Waals surface area (Å²) in [6.45, 7) is 2.19. The maximum absolute atomic E-state index is 11.1. The van der Waals surface area contributed by atoms with Crippen molar-refractivity contribution in [2.24, 2.45) is 0 Å². The van der Waals surface area contributed by atoms with Crippen molar-refractivity contribution >= 4 is 15.7 Å². The Morgan fingerprint density at radius 2 is 2.06 bits per heavy atom. The number of hydrogen-bond donors (Lipinski definition) is 1. The summed E-state index contributed by atoms with van der Waals surface area (Å²) in [5, 5.41) is 0. The third-order valence-electron chi connectivity index (χ3n) is 3.20. The Balaban J connectivity index is 2.04. The predicted molar refractivity (Wildman–Crippen MR) is 74.4 cm³/mol. The number of aryl methyl sites for hydroxylation is 1. The second-order valence-corrected chi connectivity index (χ2v) is 6.57. The third-order valence-corrected chi connectivity index (χ3v) is 3.93. The summed E-state index contributed by atoms with van der Waals surface area (Å²) in [6, 6.07) is 8.40. The van der Waals surface area contributed by atoms with Gasteiger partial charge in [-0.05, 0) is 30.9 Å². The van der Waals surface area contributed by atoms with E-state index in [1.54, 1.807) is 0 Å². The minimum Gasteiger partial charge on any atom is -0.370 e. The maximum atomic E-state index is 11.1. The van der Waals surface area contributed by atoms with Crippen molar-refractivity contribution in [1.29, 1.82) is 0 Å². The molecule has 5 heteroatoms. The van der Waals surface area contributed by atoms with Gasteiger partial charge in [-0.2, -0.15) is 0 Å². The zero-order valence-electron chi connectivity index (χ0n) is 10.7. The van der Waals surface area contributed by atoms with Crippen LogP contribution < -0.4 is 9.62 Å². The minimum atomic E-state index is -3.09. The van der Waals surface area contributed by atoms with Crippen molar-refractivity contribution < 1.29 is 8.42 Å². The van der Waals surface area contributed by atoms with E-state index in [-0.39, 0.29) is 0 Å². The van der Waals surface area contributed by atoms with Crippen molar-refractivity contribution in [3.63, 3.8) is 0 Å². The van der Waals surface area contributed by atoms with Crippen LogP contribution in [0.5, 0.6) is 0 Å². The zero-order chi connectivity index (χ0) is 13.0. The molecule has 100 valence electrons. The van der Waals surface area contributed by atoms with Crippen LogP contribution in [0.2, 0.25) is 0 Å². The van der Waals surface area contributed by atoms with Crippen molar-refractivity contribution in [2.75, 3.05) is 30.8 Å². The lowest BCUT2D eigenvalue weighted by molar-refractivity contribution is 0.586. The van der Waals surface area contributed by atoms with Gasteiger partial charge in [-0.25, -0.2) is 13.1 Å². The molecule has 1 aromatic carbocycles. The molecule has 0 saturated carbocycles. The molecule has 0 saturated heterocycles. The lowest BCUT2D eigenvalue weighted by Gasteiger charge is -2.24. The van der Waals surface area contributed by atoms with Gasteiger partial charge in [0.1, 0.15) is 0 Å². The van der Waals surface area contributed by atoms with Crippen molar-refractivity contribution in [1.82, 2.24) is 4.72 Å². The fraction of sp³-hybridized carbons (Fsp3) is 0.538. The Labute approximate surface area is 109 Å². The number of para-hydroxylation sites is 1. The predicted octanol–water partition coefficient (Wildman–Crippen LogP) is 1.38. The summed E-state index contributed by atoms with van der Waals surface area (Å²) < 4.78 is 24.7. The average Bonchev–Trinajstić information content (AvgIpc) is 2.51. The van der Waals surface area contributed by atoms with E-state index >= 15 is 0 Å². The summed E-state index contributed by atoms with van der Waals surface area (Å²) in [4.78, 5) is 2.28. The smallest absolute Gasteiger partial charge is 0.208 e. The largest absolute Gasteiger partial charge is 0.370 e. The molecule has 0 unspecified atom stereocenters. The highest BCUT2D eigenvalue weighted by molar-refractivity contribution is 7.88. The van der Waals surface area contributed by atoms with E-state index in [0.717, 1.165) is 25.9 Å². The molecule has 0 fully saturated rings. The lowest BCUT2D eigenvalue weighted by atomic mass is 10.1. The number of anilines is 1. The van der Waals surface area contributed by atoms with Crippen LogP contribution in [0.3, 0.4) is 0 Å². The molecule has 1 aromatic rings. The van der Waals surface area contributed by atoms with Gasteiger partial charge in [-0.1, -0.05) is 18.2 Å². The molecule has 18 heavy (non-hydrogen) atoms. The van der Waals surface area contributed by atoms with Crippen LogP contribution in [0.25, 0.3) is 0 Å². The monoisotopic (exact) mass is 268 g/mol. The molecule has 1 heterocycles. The number of sulfonamides is 1. The second-order valence-electron chi connectivity index (χ2n) is 4.74. The molecular formula is C13H20N2O2S. The van der Waals surface area contributed by atoms with Crippen LogP contribution in [0.4, 0.5) is 5.69 Å². The number of hydrogen-bond acceptors (Lipinski definition) is 3. The first-order valence-electron chi connectivity index (χ1n) is 6.34. The van der Waals surface area contributed by atoms with Crippen LogP contribution >= 0.6 is 0 Å². The van der Waals surface area contributed by atoms with E-state index in [1.165, 1.54) is 23.9 Å². The molecule has 0 spiro atoms. The quantitative estimate of drug-likeness (QED) is 0.897. The SMILES string of the molecule is CS(=O)(=O)NCCN1CCCCc2ccccc21. The standard InChI is InChI=1S/C13H20N2O2S/c1-18(16,17)14-9-11-15-10-5-4-7-12-6-2-3-8-13(12)15/h2-3,6,8,14H,4-5,7,9-11H2,1H3. The van der Waals surface area contributed by atoms with Gasteiger partial charge in [0.15, 0.2) is 0 Å². The second kappa shape index (κ2) is 5.71. The van der Waals surface area contributed by atoms with Crippen LogP contribution in [-0.4, -0.2) is 34.3 Å². The summed E-state index contributed by atoms with van der Waals surface area (Å²) >= 11 is 0. The number of fused-ring (bicyclic) bond motifs is 1. The van der Waals surface area contributed by atoms with Crippen molar-refractivity contribution in [2.45, 2.75) is 19.3 Å². The minimum absolute atomic E-state index is 0.465. The first-order valence-corrected chi connectivity index (χ1v) is 8.23. The Morgan fingerprint density at radius 3 is 2.83 bits per heavy atom. The van der Waals surface area contributed by atoms with E-state index in [2.05, 4.69) is 27.8 Å². The molecule has 2 rings (SSSR count). The number of benzene rings is 1. The number of rotatable bonds is 4. The van der Waals surface area contributed by atoms with Gasteiger partial charge in [-0.3, -0.25) is 0 Å². The van der Waals surface area contributed by atoms with Crippen LogP contribution in [0.1, 0.15) is 18.4 Å². The van der Waals surface area contributed by atoms with Gasteiger partial charge >= 0.3 is 0 Å². The van der Waals surface area contributed by atoms with E-state index in [1.807, 2.05) is 6.07 Å². The highest BCUT2D eigenvalue weighted by Gasteiger charge is 2.14. The van der Waals surface area contributed by atoms with Gasteiger partial charge < -0.3 is 4.90 Å². The average molecular weight is 268 g/mol. The van der Waals surface area contributed by atoms with Gasteiger partial charge in [0, 0.05) is 25.3 Å². The van der Waals surface area contributed by atoms with Gasteiger partial charge in [0.2, 0.25) is 10.0 Å². The summed E-state index contributed by atoms with van der Waals surface area (Å²) in [6.07, 6.45) is 4.68. The van der Waals surface area contributed by atoms with Gasteiger partial charge in [-0.15, -0.1) is 0 Å². The molecule has 0 bridgehead atoms. The molecule has 1 N–H and O–H groups in total. The van der Waals surface area contributed by atoms with Gasteiger partial charge in [0.05, 0.1) is 6.26 Å². The number of nitrogens with zero attached hydrogens (tertiary/aromatic N) is 1. The van der Waals surface area contributed by atoms with Crippen LogP contribution in [-0.2, 0) is 16.4 Å². The van der Waals surface area contributed by atoms with E-state index in [0.29, 0.717) is 6.54 Å². The summed E-state index contributed by atoms with van der Waals surface area (Å²) in [5.74, 6) is 0. The molecule has 0 aliphatic carbocycles. The summed E-state index contributed by atoms with van der Waals surface area (Å²) in [5.41, 5.74) is 2.62. The third kappa shape index (κ3) is 3.71. The zero-order valence-corrected chi connectivity index (χ0v) is 11.5. The fourth-order valence-corrected chi connectivity index (χ4v) is 2.83. The highest BCUT2D eigenvalue weighted by Crippen LogP contribution is 2.25. The Morgan fingerprint density at radius 1 is 1.28 bits per heavy atom. The molecule has 0 aromatic heterocycles. The summed E-state index contributed by atoms with van der Waals surface area (Å²) in [7, 11) is -3.09. The van der Waals surface area contributed by atoms with E-state index in [9.17, 15) is 8.42 Å². The fourth-order valence-electron chi connectivity index (χ4n) is 2.37. The molecule has 1 aliphatic rings. The first kappa shape index (κ1) is 13.4. The number of nitrogens with one attached hydrogen (secondary N) is 1. The van der Waals surface area contributed by atoms with Gasteiger partial charge in [0.25, 0.3) is 0 Å². The van der Waals surface area contributed by atoms with Crippen LogP contribution in [0, 0.1) is 0 Å². The van der Waals surface area contributed by atoms with Crippen LogP contribution in [0.15, 0.2) is 24.3 Å². The van der Waals surface area contributed by atoms with Crippen molar-refractivity contribution in [3.05, 3.63) is 29.8 Å². The Hall–Kier alpha value is -1.07. The van der Waals surface area contributed by atoms with E-state index < -0.39 is 10.0 Å². The highest BCUT2D eigenvalue weighted by atomic mass is 32.2. The van der Waals surface area contributed by atoms with Crippen molar-refractivity contribution in [3.8, 4) is 0 Å². The topological polar surface area (TPSA) is 49.4 Å². The molecule has 1 aliphatic heterocycles. The Kier molecular flexibility index (Phi) is 4.24. The maximum Gasteiger partial charge on any atom is 0.208 e. The molecule has 4 nitrogen and oxygen atoms in total. The Bertz CT molecular complexity index is 499. The lowest BCUT2D eigenvalue weighted by Crippen LogP contribution is -2.35. The first-order chi connectivity index (χ1) is 8.56. The normalized spacial score (nSPS) is 16.2. The molecule has 0 atom stereocenters. The molecule has 0 amide bonds.